The average Bonchev–Trinajstić information content (AvgIpc) is 2.02. The number of hydrogen-bond donors (Lipinski definition) is 2. The van der Waals surface area contributed by atoms with Gasteiger partial charge in [-0.3, -0.25) is 9.80 Å². The summed E-state index contributed by atoms with van der Waals surface area (Å²) in [6, 6.07) is 0. The third-order valence-corrected chi connectivity index (χ3v) is 2.87. The second-order valence-corrected chi connectivity index (χ2v) is 5.50. The Morgan fingerprint density at radius 2 is 1.79 bits per heavy atom. The van der Waals surface area contributed by atoms with Gasteiger partial charge in [-0.1, -0.05) is 0 Å². The summed E-state index contributed by atoms with van der Waals surface area (Å²) in [6.45, 7) is 10.8. The van der Waals surface area contributed by atoms with Crippen molar-refractivity contribution in [3.63, 3.8) is 0 Å². The van der Waals surface area contributed by atoms with Crippen LogP contribution in [0.1, 0.15) is 20.8 Å². The van der Waals surface area contributed by atoms with E-state index in [-0.39, 0.29) is 0 Å². The van der Waals surface area contributed by atoms with Crippen molar-refractivity contribution in [2.75, 3.05) is 32.7 Å². The molecule has 84 valence electrons. The van der Waals surface area contributed by atoms with Gasteiger partial charge in [0.15, 0.2) is 0 Å². The molecule has 0 bridgehead atoms. The molecule has 0 aliphatic carbocycles. The number of thiol groups is 1. The van der Waals surface area contributed by atoms with Crippen molar-refractivity contribution in [3.8, 4) is 0 Å². The molecule has 0 saturated carbocycles. The van der Waals surface area contributed by atoms with E-state index in [2.05, 4.69) is 29.4 Å². The zero-order valence-electron chi connectivity index (χ0n) is 9.40. The molecule has 1 rings (SSSR count). The van der Waals surface area contributed by atoms with Crippen molar-refractivity contribution >= 4 is 12.6 Å². The summed E-state index contributed by atoms with van der Waals surface area (Å²) in [7, 11) is 0. The van der Waals surface area contributed by atoms with E-state index in [1.54, 1.807) is 0 Å². The summed E-state index contributed by atoms with van der Waals surface area (Å²) in [4.78, 5) is 4.66. The number of nitrogens with zero attached hydrogens (tertiary/aromatic N) is 2. The smallest absolute Gasteiger partial charge is 0.0718 e. The first-order chi connectivity index (χ1) is 6.38. The number of rotatable bonds is 3. The van der Waals surface area contributed by atoms with Gasteiger partial charge < -0.3 is 5.11 Å². The van der Waals surface area contributed by atoms with Gasteiger partial charge in [-0.05, 0) is 20.8 Å². The molecule has 14 heavy (non-hydrogen) atoms. The maximum absolute atomic E-state index is 9.67. The first-order valence-electron chi connectivity index (χ1n) is 5.25. The van der Waals surface area contributed by atoms with Gasteiger partial charge in [-0.2, -0.15) is 12.6 Å². The predicted octanol–water partition coefficient (Wildman–Crippen LogP) is 0.651. The van der Waals surface area contributed by atoms with Crippen molar-refractivity contribution in [2.24, 2.45) is 0 Å². The van der Waals surface area contributed by atoms with E-state index in [0.29, 0.717) is 5.37 Å². The third kappa shape index (κ3) is 4.17. The van der Waals surface area contributed by atoms with Crippen LogP contribution in [0.15, 0.2) is 0 Å². The van der Waals surface area contributed by atoms with Crippen LogP contribution < -0.4 is 0 Å². The van der Waals surface area contributed by atoms with Crippen LogP contribution >= 0.6 is 12.6 Å². The predicted molar refractivity (Wildman–Crippen MR) is 62.8 cm³/mol. The lowest BCUT2D eigenvalue weighted by atomic mass is 10.1. The highest BCUT2D eigenvalue weighted by Gasteiger charge is 2.23. The first-order valence-corrected chi connectivity index (χ1v) is 5.77. The minimum Gasteiger partial charge on any atom is -0.389 e. The topological polar surface area (TPSA) is 26.7 Å². The average molecular weight is 218 g/mol. The Morgan fingerprint density at radius 3 is 2.14 bits per heavy atom. The number of aliphatic hydroxyl groups is 1. The Kier molecular flexibility index (Phi) is 4.25. The molecular formula is C10H22N2OS. The van der Waals surface area contributed by atoms with E-state index < -0.39 is 5.60 Å². The molecule has 3 nitrogen and oxygen atoms in total. The highest BCUT2D eigenvalue weighted by molar-refractivity contribution is 7.80. The summed E-state index contributed by atoms with van der Waals surface area (Å²) >= 11 is 4.41. The van der Waals surface area contributed by atoms with Crippen molar-refractivity contribution in [1.82, 2.24) is 9.80 Å². The van der Waals surface area contributed by atoms with Gasteiger partial charge in [0.2, 0.25) is 0 Å². The minimum atomic E-state index is -0.575. The largest absolute Gasteiger partial charge is 0.389 e. The van der Waals surface area contributed by atoms with Crippen molar-refractivity contribution in [3.05, 3.63) is 0 Å². The van der Waals surface area contributed by atoms with Crippen LogP contribution in [0, 0.1) is 0 Å². The van der Waals surface area contributed by atoms with Gasteiger partial charge in [-0.25, -0.2) is 0 Å². The lowest BCUT2D eigenvalue weighted by Crippen LogP contribution is -2.51. The first kappa shape index (κ1) is 12.3. The molecule has 0 aromatic carbocycles. The van der Waals surface area contributed by atoms with E-state index in [1.807, 2.05) is 13.8 Å². The van der Waals surface area contributed by atoms with Gasteiger partial charge in [0.25, 0.3) is 0 Å². The van der Waals surface area contributed by atoms with Gasteiger partial charge in [0.1, 0.15) is 0 Å². The molecule has 1 aliphatic rings. The summed E-state index contributed by atoms with van der Waals surface area (Å²) in [5.41, 5.74) is -0.575. The standard InChI is InChI=1S/C10H22N2OS/c1-9(14)12-6-4-11(5-7-12)8-10(2,3)13/h9,13-14H,4-8H2,1-3H3. The zero-order chi connectivity index (χ0) is 10.8. The molecule has 1 aliphatic heterocycles. The molecule has 0 amide bonds. The lowest BCUT2D eigenvalue weighted by molar-refractivity contribution is 0.0171. The Hall–Kier alpha value is 0.230. The quantitative estimate of drug-likeness (QED) is 0.681. The Balaban J connectivity index is 2.29. The van der Waals surface area contributed by atoms with Crippen LogP contribution in [-0.2, 0) is 0 Å². The SMILES string of the molecule is CC(S)N1CCN(CC(C)(C)O)CC1. The van der Waals surface area contributed by atoms with Crippen LogP contribution in [0.25, 0.3) is 0 Å². The van der Waals surface area contributed by atoms with Gasteiger partial charge in [0, 0.05) is 38.1 Å². The highest BCUT2D eigenvalue weighted by Crippen LogP contribution is 2.11. The third-order valence-electron chi connectivity index (χ3n) is 2.55. The maximum Gasteiger partial charge on any atom is 0.0718 e. The second-order valence-electron chi connectivity index (χ2n) is 4.76. The summed E-state index contributed by atoms with van der Waals surface area (Å²) < 4.78 is 0. The van der Waals surface area contributed by atoms with E-state index >= 15 is 0 Å². The fraction of sp³-hybridized carbons (Fsp3) is 1.00. The van der Waals surface area contributed by atoms with Crippen LogP contribution in [0.2, 0.25) is 0 Å². The molecule has 0 radical (unpaired) electrons. The Morgan fingerprint density at radius 1 is 1.29 bits per heavy atom. The normalized spacial score (nSPS) is 23.8. The molecule has 0 spiro atoms. The van der Waals surface area contributed by atoms with E-state index in [0.717, 1.165) is 32.7 Å². The molecule has 1 fully saturated rings. The molecule has 0 aromatic heterocycles. The Bertz CT molecular complexity index is 171. The highest BCUT2D eigenvalue weighted by atomic mass is 32.1. The molecule has 0 aromatic rings. The van der Waals surface area contributed by atoms with E-state index in [1.165, 1.54) is 0 Å². The fourth-order valence-corrected chi connectivity index (χ4v) is 2.07. The van der Waals surface area contributed by atoms with Crippen LogP contribution in [-0.4, -0.2) is 58.6 Å². The van der Waals surface area contributed by atoms with Gasteiger partial charge in [-0.15, -0.1) is 0 Å². The molecular weight excluding hydrogens is 196 g/mol. The van der Waals surface area contributed by atoms with E-state index in [4.69, 9.17) is 0 Å². The summed E-state index contributed by atoms with van der Waals surface area (Å²) in [6.07, 6.45) is 0. The van der Waals surface area contributed by atoms with Crippen molar-refractivity contribution < 1.29 is 5.11 Å². The lowest BCUT2D eigenvalue weighted by Gasteiger charge is -2.38. The van der Waals surface area contributed by atoms with E-state index in [9.17, 15) is 5.11 Å². The van der Waals surface area contributed by atoms with Crippen LogP contribution in [0.4, 0.5) is 0 Å². The number of hydrogen-bond acceptors (Lipinski definition) is 4. The molecule has 1 unspecified atom stereocenters. The number of piperazine rings is 1. The number of β-amino-alcohol motifs (C(OH)–C–C–N with tert-alkyl or cyclic N) is 1. The maximum atomic E-state index is 9.67. The van der Waals surface area contributed by atoms with Gasteiger partial charge >= 0.3 is 0 Å². The minimum absolute atomic E-state index is 0.347. The fourth-order valence-electron chi connectivity index (χ4n) is 1.84. The monoisotopic (exact) mass is 218 g/mol. The summed E-state index contributed by atoms with van der Waals surface area (Å²) in [5.74, 6) is 0. The van der Waals surface area contributed by atoms with Gasteiger partial charge in [0.05, 0.1) is 5.60 Å². The van der Waals surface area contributed by atoms with Crippen LogP contribution in [0.5, 0.6) is 0 Å². The Labute approximate surface area is 92.5 Å². The van der Waals surface area contributed by atoms with Crippen molar-refractivity contribution in [2.45, 2.75) is 31.7 Å². The molecule has 1 heterocycles. The molecule has 1 saturated heterocycles. The second kappa shape index (κ2) is 4.84. The molecule has 1 N–H and O–H groups in total. The van der Waals surface area contributed by atoms with Crippen LogP contribution in [0.3, 0.4) is 0 Å². The van der Waals surface area contributed by atoms with Crippen molar-refractivity contribution in [1.29, 1.82) is 0 Å². The summed E-state index contributed by atoms with van der Waals surface area (Å²) in [5, 5.41) is 10.0. The molecule has 4 heteroatoms. The zero-order valence-corrected chi connectivity index (χ0v) is 10.3. The molecule has 1 atom stereocenters.